The van der Waals surface area contributed by atoms with E-state index in [1.807, 2.05) is 6.07 Å². The Morgan fingerprint density at radius 2 is 1.82 bits per heavy atom. The maximum absolute atomic E-state index is 14.4. The predicted molar refractivity (Wildman–Crippen MR) is 122 cm³/mol. The summed E-state index contributed by atoms with van der Waals surface area (Å²) in [6.07, 6.45) is 2.62. The van der Waals surface area contributed by atoms with Gasteiger partial charge in [-0.15, -0.1) is 0 Å². The summed E-state index contributed by atoms with van der Waals surface area (Å²) >= 11 is 0. The number of piperazine rings is 1. The third kappa shape index (κ3) is 4.03. The second-order valence-electron chi connectivity index (χ2n) is 8.49. The molecule has 3 aromatic heterocycles. The molecule has 1 fully saturated rings. The van der Waals surface area contributed by atoms with Gasteiger partial charge in [0, 0.05) is 56.0 Å². The van der Waals surface area contributed by atoms with Gasteiger partial charge in [0.2, 0.25) is 0 Å². The Balaban J connectivity index is 1.48. The lowest BCUT2D eigenvalue weighted by Gasteiger charge is -2.38. The molecule has 1 aromatic carbocycles. The molecule has 11 heteroatoms. The molecule has 8 nitrogen and oxygen atoms in total. The van der Waals surface area contributed by atoms with Crippen molar-refractivity contribution in [1.29, 1.82) is 0 Å². The van der Waals surface area contributed by atoms with Crippen molar-refractivity contribution in [3.63, 3.8) is 0 Å². The Hall–Kier alpha value is -3.73. The van der Waals surface area contributed by atoms with E-state index < -0.39 is 23.8 Å². The van der Waals surface area contributed by atoms with Crippen LogP contribution in [0.1, 0.15) is 36.3 Å². The van der Waals surface area contributed by atoms with Crippen molar-refractivity contribution in [3.05, 3.63) is 60.1 Å². The van der Waals surface area contributed by atoms with Crippen LogP contribution in [-0.2, 0) is 0 Å². The minimum atomic E-state index is -2.83. The van der Waals surface area contributed by atoms with Gasteiger partial charge in [0.15, 0.2) is 11.5 Å². The molecule has 34 heavy (non-hydrogen) atoms. The van der Waals surface area contributed by atoms with E-state index in [0.29, 0.717) is 11.0 Å². The molecule has 4 heterocycles. The zero-order valence-corrected chi connectivity index (χ0v) is 18.5. The summed E-state index contributed by atoms with van der Waals surface area (Å²) in [5.41, 5.74) is 1.46. The van der Waals surface area contributed by atoms with Gasteiger partial charge in [-0.2, -0.15) is 0 Å². The number of halogens is 3. The molecule has 2 N–H and O–H groups in total. The summed E-state index contributed by atoms with van der Waals surface area (Å²) < 4.78 is 41.4. The van der Waals surface area contributed by atoms with Gasteiger partial charge in [0.1, 0.15) is 16.7 Å². The number of imidazole rings is 1. The van der Waals surface area contributed by atoms with E-state index in [-0.39, 0.29) is 29.0 Å². The number of anilines is 2. The quantitative estimate of drug-likeness (QED) is 0.473. The highest BCUT2D eigenvalue weighted by Crippen LogP contribution is 2.29. The van der Waals surface area contributed by atoms with Crippen LogP contribution in [0.3, 0.4) is 0 Å². The molecule has 1 aliphatic rings. The standard InChI is InChI=1S/C23H22F3N7O/c1-12-8-32(9-13(2)29-12)18-4-3-15(19-20(18)28-6-5-27-19)23(34)30-14-7-16(24)22-31-17(21(25)26)11-33(22)10-14/h3-7,10-13,21,29H,8-9H2,1-2H3,(H,30,34)/t12-,13+. The van der Waals surface area contributed by atoms with Crippen molar-refractivity contribution in [3.8, 4) is 0 Å². The van der Waals surface area contributed by atoms with Crippen molar-refractivity contribution in [2.45, 2.75) is 32.4 Å². The molecular weight excluding hydrogens is 447 g/mol. The minimum absolute atomic E-state index is 0.0964. The van der Waals surface area contributed by atoms with Crippen molar-refractivity contribution in [1.82, 2.24) is 24.7 Å². The van der Waals surface area contributed by atoms with E-state index in [4.69, 9.17) is 0 Å². The Kier molecular flexibility index (Phi) is 5.56. The number of carbonyl (C=O) groups excluding carboxylic acids is 1. The molecule has 0 spiro atoms. The number of benzene rings is 1. The number of hydrogen-bond acceptors (Lipinski definition) is 6. The number of hydrogen-bond donors (Lipinski definition) is 2. The first kappa shape index (κ1) is 22.1. The molecule has 0 aliphatic carbocycles. The van der Waals surface area contributed by atoms with Crippen molar-refractivity contribution in [2.24, 2.45) is 0 Å². The third-order valence-electron chi connectivity index (χ3n) is 5.75. The lowest BCUT2D eigenvalue weighted by molar-refractivity contribution is 0.102. The van der Waals surface area contributed by atoms with Crippen LogP contribution >= 0.6 is 0 Å². The van der Waals surface area contributed by atoms with Crippen LogP contribution in [0.25, 0.3) is 16.7 Å². The van der Waals surface area contributed by atoms with Gasteiger partial charge >= 0.3 is 0 Å². The normalized spacial score (nSPS) is 18.7. The summed E-state index contributed by atoms with van der Waals surface area (Å²) in [5, 5.41) is 6.12. The fourth-order valence-corrected chi connectivity index (χ4v) is 4.45. The number of carbonyl (C=O) groups is 1. The predicted octanol–water partition coefficient (Wildman–Crippen LogP) is 3.79. The lowest BCUT2D eigenvalue weighted by Crippen LogP contribution is -2.54. The molecule has 5 rings (SSSR count). The fourth-order valence-electron chi connectivity index (χ4n) is 4.45. The summed E-state index contributed by atoms with van der Waals surface area (Å²) in [7, 11) is 0. The maximum Gasteiger partial charge on any atom is 0.281 e. The molecule has 1 amide bonds. The van der Waals surface area contributed by atoms with Gasteiger partial charge in [-0.05, 0) is 26.0 Å². The fraction of sp³-hybridized carbons (Fsp3) is 0.304. The monoisotopic (exact) mass is 469 g/mol. The summed E-state index contributed by atoms with van der Waals surface area (Å²) in [6, 6.07) is 5.13. The number of nitrogens with zero attached hydrogens (tertiary/aromatic N) is 5. The van der Waals surface area contributed by atoms with Crippen LogP contribution in [0, 0.1) is 5.82 Å². The summed E-state index contributed by atoms with van der Waals surface area (Å²) in [6.45, 7) is 5.79. The van der Waals surface area contributed by atoms with Crippen LogP contribution in [-0.4, -0.2) is 50.4 Å². The van der Waals surface area contributed by atoms with Gasteiger partial charge in [-0.3, -0.25) is 14.8 Å². The van der Waals surface area contributed by atoms with Crippen LogP contribution in [0.5, 0.6) is 0 Å². The van der Waals surface area contributed by atoms with Gasteiger partial charge in [0.25, 0.3) is 12.3 Å². The van der Waals surface area contributed by atoms with Gasteiger partial charge in [-0.25, -0.2) is 18.2 Å². The Morgan fingerprint density at radius 3 is 2.53 bits per heavy atom. The highest BCUT2D eigenvalue weighted by Gasteiger charge is 2.25. The number of amides is 1. The van der Waals surface area contributed by atoms with Crippen LogP contribution in [0.4, 0.5) is 24.5 Å². The van der Waals surface area contributed by atoms with Crippen molar-refractivity contribution < 1.29 is 18.0 Å². The minimum Gasteiger partial charge on any atom is -0.367 e. The zero-order valence-electron chi connectivity index (χ0n) is 18.5. The van der Waals surface area contributed by atoms with E-state index in [2.05, 4.69) is 44.3 Å². The van der Waals surface area contributed by atoms with Gasteiger partial charge < -0.3 is 19.9 Å². The smallest absolute Gasteiger partial charge is 0.281 e. The summed E-state index contributed by atoms with van der Waals surface area (Å²) in [5.74, 6) is -1.35. The molecule has 4 aromatic rings. The zero-order chi connectivity index (χ0) is 24.0. The molecule has 0 saturated carbocycles. The molecule has 2 atom stereocenters. The first-order valence-electron chi connectivity index (χ1n) is 10.8. The Labute approximate surface area is 192 Å². The van der Waals surface area contributed by atoms with Crippen molar-refractivity contribution >= 4 is 34.0 Å². The lowest BCUT2D eigenvalue weighted by atomic mass is 10.1. The molecule has 0 radical (unpaired) electrons. The number of pyridine rings is 1. The van der Waals surface area contributed by atoms with Crippen LogP contribution in [0.15, 0.2) is 43.0 Å². The van der Waals surface area contributed by atoms with Gasteiger partial charge in [0.05, 0.1) is 16.9 Å². The molecule has 1 aliphatic heterocycles. The second-order valence-corrected chi connectivity index (χ2v) is 8.49. The van der Waals surface area contributed by atoms with E-state index >= 15 is 0 Å². The van der Waals surface area contributed by atoms with E-state index in [1.165, 1.54) is 12.4 Å². The first-order chi connectivity index (χ1) is 16.3. The number of fused-ring (bicyclic) bond motifs is 2. The van der Waals surface area contributed by atoms with Crippen molar-refractivity contribution in [2.75, 3.05) is 23.3 Å². The second kappa shape index (κ2) is 8.56. The van der Waals surface area contributed by atoms with E-state index in [9.17, 15) is 18.0 Å². The average Bonchev–Trinajstić information content (AvgIpc) is 3.23. The first-order valence-corrected chi connectivity index (χ1v) is 10.8. The number of aromatic nitrogens is 4. The van der Waals surface area contributed by atoms with Crippen LogP contribution < -0.4 is 15.5 Å². The molecule has 176 valence electrons. The summed E-state index contributed by atoms with van der Waals surface area (Å²) in [4.78, 5) is 27.8. The van der Waals surface area contributed by atoms with E-state index in [1.54, 1.807) is 12.3 Å². The molecule has 0 unspecified atom stereocenters. The molecular formula is C23H22F3N7O. The van der Waals surface area contributed by atoms with Crippen LogP contribution in [0.2, 0.25) is 0 Å². The van der Waals surface area contributed by atoms with Gasteiger partial charge in [-0.1, -0.05) is 0 Å². The largest absolute Gasteiger partial charge is 0.367 e. The topological polar surface area (TPSA) is 87.5 Å². The SMILES string of the molecule is C[C@@H]1CN(c2ccc(C(=O)Nc3cc(F)c4nc(C(F)F)cn4c3)c3nccnc23)C[C@H](C)N1. The third-order valence-corrected chi connectivity index (χ3v) is 5.75. The number of nitrogens with one attached hydrogen (secondary N) is 2. The number of alkyl halides is 2. The maximum atomic E-state index is 14.4. The highest BCUT2D eigenvalue weighted by atomic mass is 19.3. The van der Waals surface area contributed by atoms with E-state index in [0.717, 1.165) is 35.4 Å². The number of rotatable bonds is 4. The molecule has 1 saturated heterocycles. The Morgan fingerprint density at radius 1 is 1.12 bits per heavy atom. The average molecular weight is 469 g/mol. The highest BCUT2D eigenvalue weighted by molar-refractivity contribution is 6.13. The Bertz CT molecular complexity index is 1380. The molecule has 0 bridgehead atoms.